The molecule has 0 aliphatic carbocycles. The summed E-state index contributed by atoms with van der Waals surface area (Å²) in [7, 11) is 6.26. The van der Waals surface area contributed by atoms with Crippen molar-refractivity contribution in [3.05, 3.63) is 0 Å². The summed E-state index contributed by atoms with van der Waals surface area (Å²) >= 11 is 9.97. The van der Waals surface area contributed by atoms with Crippen molar-refractivity contribution >= 4 is 76.4 Å². The van der Waals surface area contributed by atoms with Crippen LogP contribution >= 0.6 is 67.6 Å². The van der Waals surface area contributed by atoms with Crippen LogP contribution in [0.2, 0.25) is 0 Å². The van der Waals surface area contributed by atoms with E-state index in [0.717, 1.165) is 11.5 Å². The van der Waals surface area contributed by atoms with Crippen LogP contribution < -0.4 is 0 Å². The van der Waals surface area contributed by atoms with Gasteiger partial charge in [-0.25, -0.2) is 0 Å². The van der Waals surface area contributed by atoms with Crippen LogP contribution in [0.25, 0.3) is 0 Å². The molecule has 0 fully saturated rings. The minimum absolute atomic E-state index is 0.587. The van der Waals surface area contributed by atoms with Crippen LogP contribution in [0.3, 0.4) is 0 Å². The molecule has 0 aromatic carbocycles. The average molecular weight is 379 g/mol. The predicted molar refractivity (Wildman–Crippen MR) is 99.4 cm³/mol. The maximum absolute atomic E-state index is 5.48. The van der Waals surface area contributed by atoms with Gasteiger partial charge in [-0.1, -0.05) is 21.6 Å². The first-order valence-electron chi connectivity index (χ1n) is 5.70. The second-order valence-corrected chi connectivity index (χ2v) is 8.82. The molecule has 3 nitrogen and oxygen atoms in total. The zero-order chi connectivity index (χ0) is 14.3. The Hall–Kier alpha value is 1.14. The third-order valence-corrected chi connectivity index (χ3v) is 6.79. The van der Waals surface area contributed by atoms with Gasteiger partial charge in [0.05, 0.1) is 26.4 Å². The minimum atomic E-state index is 0.587. The molecule has 0 heterocycles. The Bertz CT molecular complexity index is 227. The Morgan fingerprint density at radius 1 is 0.842 bits per heavy atom. The van der Waals surface area contributed by atoms with Gasteiger partial charge in [0.15, 0.2) is 0 Å². The third-order valence-electron chi connectivity index (χ3n) is 1.40. The Labute approximate surface area is 141 Å². The first-order valence-corrected chi connectivity index (χ1v) is 11.2. The van der Waals surface area contributed by atoms with Gasteiger partial charge in [-0.3, -0.25) is 0 Å². The Morgan fingerprint density at radius 3 is 1.63 bits per heavy atom. The van der Waals surface area contributed by atoms with Crippen molar-refractivity contribution in [2.24, 2.45) is 0 Å². The number of ether oxygens (including phenoxy) is 3. The predicted octanol–water partition coefficient (Wildman–Crippen LogP) is 4.41. The van der Waals surface area contributed by atoms with Crippen LogP contribution in [0.1, 0.15) is 13.8 Å². The summed E-state index contributed by atoms with van der Waals surface area (Å²) in [6.45, 7) is 6.53. The van der Waals surface area contributed by atoms with E-state index in [0.29, 0.717) is 35.2 Å². The summed E-state index contributed by atoms with van der Waals surface area (Å²) in [6.07, 6.45) is 0. The highest BCUT2D eigenvalue weighted by Crippen LogP contribution is 2.24. The molecule has 0 rings (SSSR count). The highest BCUT2D eigenvalue weighted by Gasteiger charge is 2.00. The molecule has 0 bridgehead atoms. The highest BCUT2D eigenvalue weighted by molar-refractivity contribution is 8.83. The molecular formula is C10H18O3S6. The normalized spacial score (nSPS) is 10.2. The molecule has 0 unspecified atom stereocenters. The fourth-order valence-electron chi connectivity index (χ4n) is 0.751. The van der Waals surface area contributed by atoms with Gasteiger partial charge in [-0.2, -0.15) is 0 Å². The second kappa shape index (κ2) is 15.5. The van der Waals surface area contributed by atoms with Crippen molar-refractivity contribution < 1.29 is 14.2 Å². The molecule has 0 aliphatic heterocycles. The quantitative estimate of drug-likeness (QED) is 0.311. The van der Waals surface area contributed by atoms with E-state index in [1.54, 1.807) is 21.6 Å². The van der Waals surface area contributed by atoms with Crippen LogP contribution in [0.4, 0.5) is 0 Å². The average Bonchev–Trinajstić information content (AvgIpc) is 2.37. The van der Waals surface area contributed by atoms with Gasteiger partial charge in [-0.15, -0.1) is 0 Å². The maximum atomic E-state index is 5.48. The summed E-state index contributed by atoms with van der Waals surface area (Å²) < 4.78 is 16.9. The lowest BCUT2D eigenvalue weighted by Gasteiger charge is -2.05. The van der Waals surface area contributed by atoms with Gasteiger partial charge in [0.2, 0.25) is 8.77 Å². The van der Waals surface area contributed by atoms with Crippen molar-refractivity contribution in [1.29, 1.82) is 0 Å². The van der Waals surface area contributed by atoms with Crippen molar-refractivity contribution in [3.8, 4) is 0 Å². The van der Waals surface area contributed by atoms with Gasteiger partial charge >= 0.3 is 0 Å². The van der Waals surface area contributed by atoms with Crippen molar-refractivity contribution in [1.82, 2.24) is 0 Å². The summed E-state index contributed by atoms with van der Waals surface area (Å²) in [5.74, 6) is 1.79. The Balaban J connectivity index is 3.15. The van der Waals surface area contributed by atoms with E-state index in [2.05, 4.69) is 0 Å². The molecule has 0 N–H and O–H groups in total. The largest absolute Gasteiger partial charge is 0.478 e. The molecule has 112 valence electrons. The first kappa shape index (κ1) is 20.1. The summed E-state index contributed by atoms with van der Waals surface area (Å²) in [4.78, 5) is 0. The van der Waals surface area contributed by atoms with E-state index in [1.807, 2.05) is 13.8 Å². The Kier molecular flexibility index (Phi) is 16.5. The molecule has 0 amide bonds. The molecule has 0 atom stereocenters. The molecule has 0 aliphatic rings. The second-order valence-electron chi connectivity index (χ2n) is 2.79. The highest BCUT2D eigenvalue weighted by atomic mass is 33.1. The topological polar surface area (TPSA) is 27.7 Å². The molecule has 9 heteroatoms. The lowest BCUT2D eigenvalue weighted by atomic mass is 10.8. The lowest BCUT2D eigenvalue weighted by Crippen LogP contribution is -2.01. The fourth-order valence-corrected chi connectivity index (χ4v) is 4.69. The standard InChI is InChI=1S/C10H18O3S6/c1-3-12-9(14)18-16-7-5-11-6-8-17-19-10(15)13-4-2/h3-8H2,1-2H3. The number of thiocarbonyl (C=S) groups is 2. The van der Waals surface area contributed by atoms with E-state index in [1.165, 1.54) is 21.6 Å². The van der Waals surface area contributed by atoms with Gasteiger partial charge in [0, 0.05) is 11.5 Å². The van der Waals surface area contributed by atoms with Crippen LogP contribution in [0, 0.1) is 0 Å². The Morgan fingerprint density at radius 2 is 1.26 bits per heavy atom. The monoisotopic (exact) mass is 378 g/mol. The molecule has 0 saturated carbocycles. The number of hydrogen-bond donors (Lipinski definition) is 0. The molecule has 0 radical (unpaired) electrons. The third kappa shape index (κ3) is 15.3. The minimum Gasteiger partial charge on any atom is -0.478 e. The van der Waals surface area contributed by atoms with E-state index in [4.69, 9.17) is 38.6 Å². The van der Waals surface area contributed by atoms with E-state index in [-0.39, 0.29) is 0 Å². The molecular weight excluding hydrogens is 361 g/mol. The molecule has 0 saturated heterocycles. The van der Waals surface area contributed by atoms with E-state index < -0.39 is 0 Å². The molecule has 19 heavy (non-hydrogen) atoms. The van der Waals surface area contributed by atoms with Crippen LogP contribution in [-0.4, -0.2) is 46.7 Å². The summed E-state index contributed by atoms with van der Waals surface area (Å²) in [6, 6.07) is 0. The fraction of sp³-hybridized carbons (Fsp3) is 0.800. The first-order chi connectivity index (χ1) is 9.20. The number of rotatable bonds is 10. The SMILES string of the molecule is CCOC(=S)SSCCOCCSSC(=S)OCC. The van der Waals surface area contributed by atoms with Crippen LogP contribution in [-0.2, 0) is 14.2 Å². The molecule has 0 spiro atoms. The molecule has 0 aromatic heterocycles. The number of hydrogen-bond acceptors (Lipinski definition) is 9. The van der Waals surface area contributed by atoms with Gasteiger partial charge in [-0.05, 0) is 59.9 Å². The van der Waals surface area contributed by atoms with E-state index in [9.17, 15) is 0 Å². The van der Waals surface area contributed by atoms with Gasteiger partial charge < -0.3 is 14.2 Å². The van der Waals surface area contributed by atoms with Crippen LogP contribution in [0.5, 0.6) is 0 Å². The van der Waals surface area contributed by atoms with Gasteiger partial charge in [0.25, 0.3) is 0 Å². The van der Waals surface area contributed by atoms with Gasteiger partial charge in [0.1, 0.15) is 0 Å². The smallest absolute Gasteiger partial charge is 0.230 e. The van der Waals surface area contributed by atoms with E-state index >= 15 is 0 Å². The van der Waals surface area contributed by atoms with Crippen molar-refractivity contribution in [2.75, 3.05) is 37.9 Å². The maximum Gasteiger partial charge on any atom is 0.230 e. The van der Waals surface area contributed by atoms with Crippen molar-refractivity contribution in [3.63, 3.8) is 0 Å². The van der Waals surface area contributed by atoms with Crippen molar-refractivity contribution in [2.45, 2.75) is 13.8 Å². The lowest BCUT2D eigenvalue weighted by molar-refractivity contribution is 0.167. The molecule has 0 aromatic rings. The summed E-state index contributed by atoms with van der Waals surface area (Å²) in [5.41, 5.74) is 0. The summed E-state index contributed by atoms with van der Waals surface area (Å²) in [5, 5.41) is 0. The zero-order valence-electron chi connectivity index (χ0n) is 10.9. The zero-order valence-corrected chi connectivity index (χ0v) is 15.8. The van der Waals surface area contributed by atoms with Crippen LogP contribution in [0.15, 0.2) is 0 Å².